The maximum atomic E-state index is 11.6. The van der Waals surface area contributed by atoms with Crippen LogP contribution in [-0.2, 0) is 9.53 Å². The van der Waals surface area contributed by atoms with Gasteiger partial charge in [0.05, 0.1) is 12.7 Å². The van der Waals surface area contributed by atoms with Gasteiger partial charge in [-0.25, -0.2) is 0 Å². The van der Waals surface area contributed by atoms with Gasteiger partial charge >= 0.3 is 0 Å². The fourth-order valence-corrected chi connectivity index (χ4v) is 6.51. The molecule has 0 aromatic heterocycles. The predicted molar refractivity (Wildman–Crippen MR) is 121 cm³/mol. The van der Waals surface area contributed by atoms with E-state index < -0.39 is 0 Å². The summed E-state index contributed by atoms with van der Waals surface area (Å²) in [5.74, 6) is 1.62. The molecule has 5 nitrogen and oxygen atoms in total. The molecule has 4 aliphatic heterocycles. The Morgan fingerprint density at radius 1 is 1.10 bits per heavy atom. The van der Waals surface area contributed by atoms with Crippen LogP contribution in [0.5, 0.6) is 5.75 Å². The molecule has 3 fully saturated rings. The molecule has 0 radical (unpaired) electrons. The molecule has 1 spiro atoms. The molecule has 0 unspecified atom stereocenters. The highest BCUT2D eigenvalue weighted by atomic mass is 16.5. The van der Waals surface area contributed by atoms with E-state index in [0.29, 0.717) is 12.0 Å². The number of hydrogen-bond donors (Lipinski definition) is 0. The molecular formula is C26H38N2O3. The summed E-state index contributed by atoms with van der Waals surface area (Å²) in [5, 5.41) is 0. The van der Waals surface area contributed by atoms with Crippen molar-refractivity contribution in [1.29, 1.82) is 0 Å². The number of piperidine rings is 2. The van der Waals surface area contributed by atoms with Gasteiger partial charge in [-0.1, -0.05) is 12.1 Å². The summed E-state index contributed by atoms with van der Waals surface area (Å²) in [5.41, 5.74) is 2.54. The number of rotatable bonds is 1. The molecule has 1 amide bonds. The molecule has 5 heteroatoms. The van der Waals surface area contributed by atoms with Crippen LogP contribution >= 0.6 is 0 Å². The van der Waals surface area contributed by atoms with Crippen LogP contribution in [0.4, 0.5) is 0 Å². The van der Waals surface area contributed by atoms with Gasteiger partial charge in [0.1, 0.15) is 11.4 Å². The van der Waals surface area contributed by atoms with Gasteiger partial charge in [-0.05, 0) is 83.0 Å². The molecule has 170 valence electrons. The zero-order valence-electron chi connectivity index (χ0n) is 19.7. The summed E-state index contributed by atoms with van der Waals surface area (Å²) in [4.78, 5) is 16.3. The lowest BCUT2D eigenvalue weighted by Crippen LogP contribution is -2.56. The maximum Gasteiger partial charge on any atom is 0.219 e. The number of nitrogens with zero attached hydrogens (tertiary/aromatic N) is 2. The van der Waals surface area contributed by atoms with E-state index in [1.54, 1.807) is 6.92 Å². The first-order valence-electron chi connectivity index (χ1n) is 12.2. The van der Waals surface area contributed by atoms with E-state index in [-0.39, 0.29) is 23.0 Å². The van der Waals surface area contributed by atoms with Gasteiger partial charge in [0.15, 0.2) is 0 Å². The molecule has 0 saturated carbocycles. The van der Waals surface area contributed by atoms with Crippen LogP contribution in [0.15, 0.2) is 18.2 Å². The summed E-state index contributed by atoms with van der Waals surface area (Å²) < 4.78 is 13.2. The van der Waals surface area contributed by atoms with Crippen molar-refractivity contribution in [3.63, 3.8) is 0 Å². The Morgan fingerprint density at radius 3 is 2.48 bits per heavy atom. The van der Waals surface area contributed by atoms with Crippen LogP contribution in [0.3, 0.4) is 0 Å². The average molecular weight is 427 g/mol. The smallest absolute Gasteiger partial charge is 0.219 e. The second-order valence-corrected chi connectivity index (χ2v) is 11.1. The van der Waals surface area contributed by atoms with Crippen LogP contribution in [0.2, 0.25) is 0 Å². The first-order valence-corrected chi connectivity index (χ1v) is 12.2. The zero-order valence-corrected chi connectivity index (χ0v) is 19.7. The van der Waals surface area contributed by atoms with Gasteiger partial charge < -0.3 is 19.3 Å². The van der Waals surface area contributed by atoms with Crippen molar-refractivity contribution in [2.24, 2.45) is 11.3 Å². The van der Waals surface area contributed by atoms with E-state index in [2.05, 4.69) is 43.9 Å². The van der Waals surface area contributed by atoms with Crippen molar-refractivity contribution in [2.45, 2.75) is 77.5 Å². The molecule has 1 aromatic carbocycles. The van der Waals surface area contributed by atoms with Crippen LogP contribution in [-0.4, -0.2) is 60.1 Å². The van der Waals surface area contributed by atoms with Crippen molar-refractivity contribution in [1.82, 2.24) is 9.80 Å². The third-order valence-electron chi connectivity index (χ3n) is 8.61. The summed E-state index contributed by atoms with van der Waals surface area (Å²) >= 11 is 0. The van der Waals surface area contributed by atoms with Crippen molar-refractivity contribution in [3.05, 3.63) is 29.3 Å². The Hall–Kier alpha value is -1.59. The molecule has 4 aliphatic rings. The number of hydrogen-bond acceptors (Lipinski definition) is 4. The Morgan fingerprint density at radius 2 is 1.81 bits per heavy atom. The fraction of sp³-hybridized carbons (Fsp3) is 0.731. The first kappa shape index (κ1) is 21.3. The highest BCUT2D eigenvalue weighted by Gasteiger charge is 2.52. The Balaban J connectivity index is 1.25. The second kappa shape index (κ2) is 7.77. The van der Waals surface area contributed by atoms with E-state index in [0.717, 1.165) is 51.4 Å². The van der Waals surface area contributed by atoms with E-state index in [4.69, 9.17) is 9.47 Å². The minimum atomic E-state index is -0.213. The standard InChI is InChI=1S/C26H38N2O3/c1-18-5-6-21-23(15-18)31-25(3,4)22-16-26(17-30-24(21)22)9-13-28(14-10-26)20-7-11-27(12-8-20)19(2)29/h5-6,15,20,22,24H,7-14,16-17H2,1-4H3/t22-,24+/m0/s1. The Kier molecular flexibility index (Phi) is 5.33. The quantitative estimate of drug-likeness (QED) is 0.670. The van der Waals surface area contributed by atoms with Gasteiger partial charge in [0.2, 0.25) is 5.91 Å². The van der Waals surface area contributed by atoms with Crippen molar-refractivity contribution < 1.29 is 14.3 Å². The van der Waals surface area contributed by atoms with Crippen molar-refractivity contribution >= 4 is 5.91 Å². The molecular weight excluding hydrogens is 388 g/mol. The zero-order chi connectivity index (χ0) is 21.8. The number of likely N-dealkylation sites (tertiary alicyclic amines) is 2. The molecule has 4 heterocycles. The lowest BCUT2D eigenvalue weighted by atomic mass is 9.64. The SMILES string of the molecule is CC(=O)N1CCC(N2CCC3(CC2)CO[C@@H]2c4ccc(C)cc4OC(C)(C)[C@H]2C3)CC1. The maximum absolute atomic E-state index is 11.6. The van der Waals surface area contributed by atoms with Crippen LogP contribution in [0, 0.1) is 18.3 Å². The average Bonchev–Trinajstić information content (AvgIpc) is 2.74. The molecule has 5 rings (SSSR count). The number of amides is 1. The summed E-state index contributed by atoms with van der Waals surface area (Å²) in [6, 6.07) is 7.19. The fourth-order valence-electron chi connectivity index (χ4n) is 6.51. The number of fused-ring (bicyclic) bond motifs is 3. The Bertz CT molecular complexity index is 835. The van der Waals surface area contributed by atoms with E-state index in [1.165, 1.54) is 30.4 Å². The second-order valence-electron chi connectivity index (χ2n) is 11.1. The largest absolute Gasteiger partial charge is 0.487 e. The number of aryl methyl sites for hydroxylation is 1. The third kappa shape index (κ3) is 3.89. The van der Waals surface area contributed by atoms with Gasteiger partial charge in [-0.15, -0.1) is 0 Å². The molecule has 0 aliphatic carbocycles. The van der Waals surface area contributed by atoms with Gasteiger partial charge in [0, 0.05) is 37.5 Å². The lowest BCUT2D eigenvalue weighted by Gasteiger charge is -2.55. The predicted octanol–water partition coefficient (Wildman–Crippen LogP) is 4.34. The van der Waals surface area contributed by atoms with Crippen LogP contribution in [0.25, 0.3) is 0 Å². The van der Waals surface area contributed by atoms with Crippen molar-refractivity contribution in [3.8, 4) is 5.75 Å². The highest BCUT2D eigenvalue weighted by Crippen LogP contribution is 2.55. The topological polar surface area (TPSA) is 42.0 Å². The van der Waals surface area contributed by atoms with Gasteiger partial charge in [-0.2, -0.15) is 0 Å². The normalized spacial score (nSPS) is 30.4. The number of ether oxygens (including phenoxy) is 2. The van der Waals surface area contributed by atoms with Gasteiger partial charge in [-0.3, -0.25) is 4.79 Å². The van der Waals surface area contributed by atoms with Crippen LogP contribution < -0.4 is 4.74 Å². The summed E-state index contributed by atoms with van der Waals surface area (Å²) in [6.07, 6.45) is 5.99. The number of carbonyl (C=O) groups excluding carboxylic acids is 1. The first-order chi connectivity index (χ1) is 14.8. The summed E-state index contributed by atoms with van der Waals surface area (Å²) in [7, 11) is 0. The van der Waals surface area contributed by atoms with E-state index >= 15 is 0 Å². The molecule has 1 aromatic rings. The number of benzene rings is 1. The molecule has 0 bridgehead atoms. The highest BCUT2D eigenvalue weighted by molar-refractivity contribution is 5.73. The monoisotopic (exact) mass is 426 g/mol. The lowest BCUT2D eigenvalue weighted by molar-refractivity contribution is -0.176. The van der Waals surface area contributed by atoms with Gasteiger partial charge in [0.25, 0.3) is 0 Å². The minimum absolute atomic E-state index is 0.152. The molecule has 3 saturated heterocycles. The Labute approximate surface area is 187 Å². The summed E-state index contributed by atoms with van der Waals surface area (Å²) in [6.45, 7) is 13.3. The third-order valence-corrected chi connectivity index (χ3v) is 8.61. The van der Waals surface area contributed by atoms with E-state index in [9.17, 15) is 4.79 Å². The number of carbonyl (C=O) groups is 1. The molecule has 2 atom stereocenters. The van der Waals surface area contributed by atoms with Crippen LogP contribution in [0.1, 0.15) is 70.1 Å². The molecule has 31 heavy (non-hydrogen) atoms. The minimum Gasteiger partial charge on any atom is -0.487 e. The van der Waals surface area contributed by atoms with E-state index in [1.807, 2.05) is 4.90 Å². The molecule has 0 N–H and O–H groups in total. The van der Waals surface area contributed by atoms with Crippen molar-refractivity contribution in [2.75, 3.05) is 32.8 Å².